The molecule has 9 nitrogen and oxygen atoms in total. The molecule has 1 rings (SSSR count). The zero-order valence-electron chi connectivity index (χ0n) is 15.3. The van der Waals surface area contributed by atoms with Crippen LogP contribution in [0.1, 0.15) is 46.9 Å². The van der Waals surface area contributed by atoms with Crippen LogP contribution < -0.4 is 11.1 Å². The molecule has 1 aromatic rings. The summed E-state index contributed by atoms with van der Waals surface area (Å²) in [6, 6.07) is 2.76. The van der Waals surface area contributed by atoms with Crippen molar-refractivity contribution in [3.63, 3.8) is 0 Å². The molecule has 4 N–H and O–H groups in total. The van der Waals surface area contributed by atoms with Gasteiger partial charge in [-0.2, -0.15) is 0 Å². The number of Topliss-reactive ketones (excluding diaryl/α,β-unsaturated/α-hetero) is 1. The summed E-state index contributed by atoms with van der Waals surface area (Å²) in [4.78, 5) is 47.2. The number of phenolic OH excluding ortho intramolecular Hbond substituents is 1. The first-order valence-corrected chi connectivity index (χ1v) is 8.38. The molecule has 148 valence electrons. The Bertz CT molecular complexity index is 703. The smallest absolute Gasteiger partial charge is 0.341 e. The van der Waals surface area contributed by atoms with Gasteiger partial charge in [-0.15, -0.1) is 0 Å². The first kappa shape index (κ1) is 22.1. The fourth-order valence-corrected chi connectivity index (χ4v) is 2.29. The van der Waals surface area contributed by atoms with Gasteiger partial charge in [0.1, 0.15) is 17.4 Å². The monoisotopic (exact) mass is 380 g/mol. The van der Waals surface area contributed by atoms with Crippen LogP contribution in [0.5, 0.6) is 5.75 Å². The van der Waals surface area contributed by atoms with E-state index in [2.05, 4.69) is 10.1 Å². The van der Waals surface area contributed by atoms with Gasteiger partial charge in [-0.1, -0.05) is 0 Å². The molecule has 0 heterocycles. The number of unbranched alkanes of at least 4 members (excludes halogenated alkanes) is 1. The van der Waals surface area contributed by atoms with Crippen molar-refractivity contribution < 1.29 is 33.8 Å². The Kier molecular flexibility index (Phi) is 8.94. The number of nitrogens with two attached hydrogens (primary N) is 1. The number of methoxy groups -OCH3 is 1. The number of benzene rings is 1. The third kappa shape index (κ3) is 7.06. The summed E-state index contributed by atoms with van der Waals surface area (Å²) in [5, 5.41) is 12.1. The molecule has 0 fully saturated rings. The molecule has 0 aromatic heterocycles. The normalized spacial score (nSPS) is 11.4. The van der Waals surface area contributed by atoms with Crippen molar-refractivity contribution >= 4 is 23.6 Å². The van der Waals surface area contributed by atoms with Crippen LogP contribution in [0.3, 0.4) is 0 Å². The maximum Gasteiger partial charge on any atom is 0.341 e. The lowest BCUT2D eigenvalue weighted by Crippen LogP contribution is -2.41. The summed E-state index contributed by atoms with van der Waals surface area (Å²) in [5.41, 5.74) is 5.31. The van der Waals surface area contributed by atoms with E-state index in [-0.39, 0.29) is 16.9 Å². The number of hydrogen-bond acceptors (Lipinski definition) is 8. The number of nitrogens with one attached hydrogen (secondary N) is 1. The van der Waals surface area contributed by atoms with Crippen molar-refractivity contribution in [3.8, 4) is 5.75 Å². The predicted octanol–water partition coefficient (Wildman–Crippen LogP) is 0.538. The zero-order valence-corrected chi connectivity index (χ0v) is 15.3. The molecule has 0 saturated carbocycles. The van der Waals surface area contributed by atoms with Crippen LogP contribution in [0.25, 0.3) is 0 Å². The third-order valence-electron chi connectivity index (χ3n) is 3.68. The highest BCUT2D eigenvalue weighted by Crippen LogP contribution is 2.20. The summed E-state index contributed by atoms with van der Waals surface area (Å²) in [6.07, 6.45) is 1.65. The molecular weight excluding hydrogens is 356 g/mol. The van der Waals surface area contributed by atoms with Crippen molar-refractivity contribution in [2.24, 2.45) is 5.73 Å². The minimum absolute atomic E-state index is 0.0696. The molecule has 0 radical (unpaired) electrons. The lowest BCUT2D eigenvalue weighted by Gasteiger charge is -2.16. The fourth-order valence-electron chi connectivity index (χ4n) is 2.29. The van der Waals surface area contributed by atoms with E-state index < -0.39 is 36.3 Å². The van der Waals surface area contributed by atoms with Crippen LogP contribution in [0.15, 0.2) is 18.2 Å². The molecule has 1 amide bonds. The molecule has 0 unspecified atom stereocenters. The van der Waals surface area contributed by atoms with Crippen molar-refractivity contribution in [1.29, 1.82) is 0 Å². The Morgan fingerprint density at radius 3 is 2.52 bits per heavy atom. The van der Waals surface area contributed by atoms with Gasteiger partial charge in [0, 0.05) is 12.5 Å². The second kappa shape index (κ2) is 10.9. The van der Waals surface area contributed by atoms with E-state index in [1.807, 2.05) is 0 Å². The number of carbonyl (C=O) groups is 4. The van der Waals surface area contributed by atoms with Crippen LogP contribution in [0.2, 0.25) is 0 Å². The van der Waals surface area contributed by atoms with Crippen molar-refractivity contribution in [2.45, 2.75) is 32.2 Å². The molecule has 1 atom stereocenters. The maximum absolute atomic E-state index is 12.2. The molecule has 0 aliphatic rings. The van der Waals surface area contributed by atoms with Crippen molar-refractivity contribution in [3.05, 3.63) is 29.3 Å². The Morgan fingerprint density at radius 2 is 1.93 bits per heavy atom. The Balaban J connectivity index is 2.74. The lowest BCUT2D eigenvalue weighted by molar-refractivity contribution is -0.146. The standard InChI is InChI=1S/C18H24N2O7/c1-11(21)20-14(5-3-4-8-19)18(25)27-10-16(23)12-6-7-15(22)13(9-12)17(24)26-2/h6-7,9,14,22H,3-5,8,10,19H2,1-2H3,(H,20,21)/t14-/m0/s1. The molecule has 0 spiro atoms. The summed E-state index contributed by atoms with van der Waals surface area (Å²) in [7, 11) is 1.14. The second-order valence-corrected chi connectivity index (χ2v) is 5.79. The van der Waals surface area contributed by atoms with Gasteiger partial charge in [-0.3, -0.25) is 9.59 Å². The summed E-state index contributed by atoms with van der Waals surface area (Å²) in [5.74, 6) is -2.83. The minimum atomic E-state index is -0.868. The topological polar surface area (TPSA) is 145 Å². The molecule has 0 bridgehead atoms. The van der Waals surface area contributed by atoms with Crippen LogP contribution in [0.4, 0.5) is 0 Å². The first-order valence-electron chi connectivity index (χ1n) is 8.38. The summed E-state index contributed by atoms with van der Waals surface area (Å²) >= 11 is 0. The van der Waals surface area contributed by atoms with Gasteiger partial charge in [0.25, 0.3) is 0 Å². The number of amides is 1. The summed E-state index contributed by atoms with van der Waals surface area (Å²) < 4.78 is 9.52. The number of ether oxygens (including phenoxy) is 2. The molecule has 0 aliphatic carbocycles. The third-order valence-corrected chi connectivity index (χ3v) is 3.68. The second-order valence-electron chi connectivity index (χ2n) is 5.79. The van der Waals surface area contributed by atoms with E-state index in [0.29, 0.717) is 25.8 Å². The number of ketones is 1. The number of phenols is 1. The Labute approximate surface area is 156 Å². The molecule has 0 saturated heterocycles. The fraction of sp³-hybridized carbons (Fsp3) is 0.444. The number of rotatable bonds is 10. The van der Waals surface area contributed by atoms with Gasteiger partial charge in [-0.05, 0) is 44.0 Å². The Morgan fingerprint density at radius 1 is 1.22 bits per heavy atom. The van der Waals surface area contributed by atoms with E-state index in [4.69, 9.17) is 10.5 Å². The summed E-state index contributed by atoms with van der Waals surface area (Å²) in [6.45, 7) is 1.17. The van der Waals surface area contributed by atoms with Crippen LogP contribution in [0, 0.1) is 0 Å². The van der Waals surface area contributed by atoms with Crippen LogP contribution >= 0.6 is 0 Å². The average molecular weight is 380 g/mol. The van der Waals surface area contributed by atoms with Gasteiger partial charge < -0.3 is 25.6 Å². The van der Waals surface area contributed by atoms with Gasteiger partial charge in [0.05, 0.1) is 7.11 Å². The average Bonchev–Trinajstić information content (AvgIpc) is 2.64. The van der Waals surface area contributed by atoms with Crippen LogP contribution in [-0.4, -0.2) is 55.0 Å². The largest absolute Gasteiger partial charge is 0.507 e. The number of aromatic hydroxyl groups is 1. The van der Waals surface area contributed by atoms with Crippen LogP contribution in [-0.2, 0) is 19.1 Å². The van der Waals surface area contributed by atoms with Gasteiger partial charge in [0.15, 0.2) is 12.4 Å². The molecule has 27 heavy (non-hydrogen) atoms. The number of carbonyl (C=O) groups excluding carboxylic acids is 4. The molecular formula is C18H24N2O7. The van der Waals surface area contributed by atoms with Crippen molar-refractivity contribution in [1.82, 2.24) is 5.32 Å². The van der Waals surface area contributed by atoms with Crippen molar-refractivity contribution in [2.75, 3.05) is 20.3 Å². The van der Waals surface area contributed by atoms with E-state index in [0.717, 1.165) is 13.2 Å². The highest BCUT2D eigenvalue weighted by Gasteiger charge is 2.22. The van der Waals surface area contributed by atoms with Gasteiger partial charge >= 0.3 is 11.9 Å². The molecule has 1 aromatic carbocycles. The first-order chi connectivity index (χ1) is 12.8. The highest BCUT2D eigenvalue weighted by atomic mass is 16.5. The molecule has 0 aliphatic heterocycles. The molecule has 9 heteroatoms. The quantitative estimate of drug-likeness (QED) is 0.303. The van der Waals surface area contributed by atoms with E-state index >= 15 is 0 Å². The SMILES string of the molecule is COC(=O)c1cc(C(=O)COC(=O)[C@H](CCCCN)NC(C)=O)ccc1O. The number of hydrogen-bond donors (Lipinski definition) is 3. The van der Waals surface area contributed by atoms with Gasteiger partial charge in [-0.25, -0.2) is 9.59 Å². The predicted molar refractivity (Wildman–Crippen MR) is 95.2 cm³/mol. The number of esters is 2. The maximum atomic E-state index is 12.2. The van der Waals surface area contributed by atoms with Gasteiger partial charge in [0.2, 0.25) is 5.91 Å². The lowest BCUT2D eigenvalue weighted by atomic mass is 10.1. The Hall–Kier alpha value is -2.94. The van der Waals surface area contributed by atoms with E-state index in [9.17, 15) is 24.3 Å². The minimum Gasteiger partial charge on any atom is -0.507 e. The highest BCUT2D eigenvalue weighted by molar-refractivity contribution is 6.01. The van der Waals surface area contributed by atoms with E-state index in [1.54, 1.807) is 0 Å². The zero-order chi connectivity index (χ0) is 20.4. The van der Waals surface area contributed by atoms with E-state index in [1.165, 1.54) is 19.1 Å².